The average Bonchev–Trinajstić information content (AvgIpc) is 2.20. The van der Waals surface area contributed by atoms with Crippen LogP contribution >= 0.6 is 0 Å². The molecule has 15 heavy (non-hydrogen) atoms. The van der Waals surface area contributed by atoms with Crippen LogP contribution in [0.1, 0.15) is 20.3 Å². The number of aryl methyl sites for hydroxylation is 1. The molecule has 0 saturated heterocycles. The van der Waals surface area contributed by atoms with Gasteiger partial charge in [0.05, 0.1) is 11.5 Å². The number of hydrogen-bond acceptors (Lipinski definition) is 4. The van der Waals surface area contributed by atoms with Gasteiger partial charge in [0.2, 0.25) is 0 Å². The van der Waals surface area contributed by atoms with Gasteiger partial charge < -0.3 is 5.73 Å². The maximum absolute atomic E-state index is 11.3. The zero-order valence-corrected chi connectivity index (χ0v) is 8.90. The number of nitrogen functional groups attached to an aromatic ring is 1. The predicted molar refractivity (Wildman–Crippen MR) is 56.9 cm³/mol. The Bertz CT molecular complexity index is 441. The second-order valence-corrected chi connectivity index (χ2v) is 4.07. The first-order valence-corrected chi connectivity index (χ1v) is 4.69. The number of hydrogen-bond donors (Lipinski definition) is 1. The quantitative estimate of drug-likeness (QED) is 0.791. The summed E-state index contributed by atoms with van der Waals surface area (Å²) >= 11 is 0. The van der Waals surface area contributed by atoms with Gasteiger partial charge in [-0.25, -0.2) is 4.68 Å². The lowest BCUT2D eigenvalue weighted by molar-refractivity contribution is 0.392. The standard InChI is InChI=1S/C10H14N4O/c1-10(2,7-11)5-6-14-9(15)4-3-8(12)13-14/h3-4H,5-6H2,1-2H3,(H2,12,13). The van der Waals surface area contributed by atoms with Crippen LogP contribution in [0.15, 0.2) is 16.9 Å². The third-order valence-electron chi connectivity index (χ3n) is 2.14. The van der Waals surface area contributed by atoms with Crippen LogP contribution in [0.5, 0.6) is 0 Å². The van der Waals surface area contributed by atoms with Crippen LogP contribution in [-0.2, 0) is 6.54 Å². The maximum Gasteiger partial charge on any atom is 0.266 e. The summed E-state index contributed by atoms with van der Waals surface area (Å²) in [7, 11) is 0. The molecule has 0 unspecified atom stereocenters. The van der Waals surface area contributed by atoms with Crippen molar-refractivity contribution < 1.29 is 0 Å². The highest BCUT2D eigenvalue weighted by molar-refractivity contribution is 5.23. The summed E-state index contributed by atoms with van der Waals surface area (Å²) in [6.07, 6.45) is 0.569. The van der Waals surface area contributed by atoms with Crippen LogP contribution in [0.25, 0.3) is 0 Å². The second-order valence-electron chi connectivity index (χ2n) is 4.07. The molecule has 0 spiro atoms. The summed E-state index contributed by atoms with van der Waals surface area (Å²) in [5.41, 5.74) is 4.81. The fraction of sp³-hybridized carbons (Fsp3) is 0.500. The molecule has 5 nitrogen and oxygen atoms in total. The van der Waals surface area contributed by atoms with Gasteiger partial charge in [-0.15, -0.1) is 0 Å². The van der Waals surface area contributed by atoms with E-state index in [1.54, 1.807) is 0 Å². The van der Waals surface area contributed by atoms with Crippen LogP contribution in [0.4, 0.5) is 5.82 Å². The third kappa shape index (κ3) is 3.09. The summed E-state index contributed by atoms with van der Waals surface area (Å²) in [6.45, 7) is 4.05. The highest BCUT2D eigenvalue weighted by atomic mass is 16.1. The number of rotatable bonds is 3. The van der Waals surface area contributed by atoms with Gasteiger partial charge in [-0.1, -0.05) is 0 Å². The first-order chi connectivity index (χ1) is 6.94. The molecule has 80 valence electrons. The zero-order chi connectivity index (χ0) is 11.5. The normalized spacial score (nSPS) is 11.0. The molecule has 5 heteroatoms. The lowest BCUT2D eigenvalue weighted by Crippen LogP contribution is -2.25. The van der Waals surface area contributed by atoms with E-state index in [1.807, 2.05) is 13.8 Å². The molecule has 0 fully saturated rings. The van der Waals surface area contributed by atoms with E-state index < -0.39 is 5.41 Å². The molecule has 0 amide bonds. The number of anilines is 1. The molecule has 0 aromatic carbocycles. The first kappa shape index (κ1) is 11.2. The van der Waals surface area contributed by atoms with E-state index in [9.17, 15) is 4.79 Å². The minimum atomic E-state index is -0.453. The Morgan fingerprint density at radius 2 is 2.27 bits per heavy atom. The SMILES string of the molecule is CC(C)(C#N)CCn1nc(N)ccc1=O. The third-order valence-corrected chi connectivity index (χ3v) is 2.14. The van der Waals surface area contributed by atoms with E-state index in [2.05, 4.69) is 11.2 Å². The minimum absolute atomic E-state index is 0.196. The predicted octanol–water partition coefficient (Wildman–Crippen LogP) is 0.765. The van der Waals surface area contributed by atoms with Crippen molar-refractivity contribution in [3.8, 4) is 6.07 Å². The summed E-state index contributed by atoms with van der Waals surface area (Å²) in [5, 5.41) is 12.7. The molecule has 0 atom stereocenters. The van der Waals surface area contributed by atoms with Crippen molar-refractivity contribution in [3.05, 3.63) is 22.5 Å². The van der Waals surface area contributed by atoms with Crippen molar-refractivity contribution >= 4 is 5.82 Å². The molecular weight excluding hydrogens is 192 g/mol. The smallest absolute Gasteiger partial charge is 0.266 e. The van der Waals surface area contributed by atoms with Crippen molar-refractivity contribution in [2.45, 2.75) is 26.8 Å². The number of nitriles is 1. The van der Waals surface area contributed by atoms with Gasteiger partial charge in [-0.2, -0.15) is 10.4 Å². The van der Waals surface area contributed by atoms with Crippen molar-refractivity contribution in [2.24, 2.45) is 5.41 Å². The Labute approximate surface area is 88.1 Å². The molecular formula is C10H14N4O. The monoisotopic (exact) mass is 206 g/mol. The molecule has 0 aliphatic carbocycles. The Morgan fingerprint density at radius 1 is 1.60 bits per heavy atom. The van der Waals surface area contributed by atoms with Crippen LogP contribution in [0.2, 0.25) is 0 Å². The van der Waals surface area contributed by atoms with Gasteiger partial charge in [0.25, 0.3) is 5.56 Å². The van der Waals surface area contributed by atoms with Crippen molar-refractivity contribution in [3.63, 3.8) is 0 Å². The highest BCUT2D eigenvalue weighted by Gasteiger charge is 2.16. The van der Waals surface area contributed by atoms with E-state index >= 15 is 0 Å². The molecule has 2 N–H and O–H groups in total. The molecule has 0 radical (unpaired) electrons. The van der Waals surface area contributed by atoms with Crippen LogP contribution in [-0.4, -0.2) is 9.78 Å². The molecule has 0 saturated carbocycles. The molecule has 0 bridgehead atoms. The molecule has 0 aliphatic rings. The van der Waals surface area contributed by atoms with E-state index in [-0.39, 0.29) is 5.56 Å². The molecule has 1 aromatic heterocycles. The van der Waals surface area contributed by atoms with Crippen molar-refractivity contribution in [1.29, 1.82) is 5.26 Å². The Balaban J connectivity index is 2.79. The Kier molecular flexibility index (Phi) is 3.10. The van der Waals surface area contributed by atoms with E-state index in [0.717, 1.165) is 0 Å². The first-order valence-electron chi connectivity index (χ1n) is 4.69. The maximum atomic E-state index is 11.3. The lowest BCUT2D eigenvalue weighted by atomic mass is 9.92. The summed E-state index contributed by atoms with van der Waals surface area (Å²) in [5.74, 6) is 0.310. The Morgan fingerprint density at radius 3 is 2.87 bits per heavy atom. The molecule has 0 aliphatic heterocycles. The molecule has 1 rings (SSSR count). The summed E-state index contributed by atoms with van der Waals surface area (Å²) in [6, 6.07) is 5.01. The summed E-state index contributed by atoms with van der Waals surface area (Å²) in [4.78, 5) is 11.3. The fourth-order valence-corrected chi connectivity index (χ4v) is 1.07. The Hall–Kier alpha value is -1.83. The van der Waals surface area contributed by atoms with Gasteiger partial charge in [-0.3, -0.25) is 4.79 Å². The van der Waals surface area contributed by atoms with Gasteiger partial charge in [0.15, 0.2) is 0 Å². The molecule has 1 heterocycles. The van der Waals surface area contributed by atoms with Gasteiger partial charge in [0.1, 0.15) is 5.82 Å². The van der Waals surface area contributed by atoms with Gasteiger partial charge in [0, 0.05) is 12.6 Å². The van der Waals surface area contributed by atoms with Crippen molar-refractivity contribution in [2.75, 3.05) is 5.73 Å². The highest BCUT2D eigenvalue weighted by Crippen LogP contribution is 2.18. The van der Waals surface area contributed by atoms with E-state index in [0.29, 0.717) is 18.8 Å². The second kappa shape index (κ2) is 4.13. The van der Waals surface area contributed by atoms with E-state index in [4.69, 9.17) is 11.0 Å². The molecule has 1 aromatic rings. The number of nitrogens with zero attached hydrogens (tertiary/aromatic N) is 3. The minimum Gasteiger partial charge on any atom is -0.382 e. The largest absolute Gasteiger partial charge is 0.382 e. The van der Waals surface area contributed by atoms with Crippen LogP contribution in [0.3, 0.4) is 0 Å². The van der Waals surface area contributed by atoms with Gasteiger partial charge >= 0.3 is 0 Å². The summed E-state index contributed by atoms with van der Waals surface area (Å²) < 4.78 is 1.29. The van der Waals surface area contributed by atoms with Crippen molar-refractivity contribution in [1.82, 2.24) is 9.78 Å². The fourth-order valence-electron chi connectivity index (χ4n) is 1.07. The average molecular weight is 206 g/mol. The van der Waals surface area contributed by atoms with Crippen LogP contribution in [0, 0.1) is 16.7 Å². The number of aromatic nitrogens is 2. The topological polar surface area (TPSA) is 84.7 Å². The van der Waals surface area contributed by atoms with Crippen LogP contribution < -0.4 is 11.3 Å². The number of nitrogens with two attached hydrogens (primary N) is 1. The lowest BCUT2D eigenvalue weighted by Gasteiger charge is -2.14. The van der Waals surface area contributed by atoms with Gasteiger partial charge in [-0.05, 0) is 26.3 Å². The van der Waals surface area contributed by atoms with E-state index in [1.165, 1.54) is 16.8 Å². The zero-order valence-electron chi connectivity index (χ0n) is 8.90.